The molecule has 2 aromatic carbocycles. The second-order valence-electron chi connectivity index (χ2n) is 6.47. The maximum absolute atomic E-state index is 12.7. The van der Waals surface area contributed by atoms with Gasteiger partial charge in [0.1, 0.15) is 11.4 Å². The normalized spacial score (nSPS) is 11.2. The molecule has 0 fully saturated rings. The van der Waals surface area contributed by atoms with Crippen LogP contribution in [0.3, 0.4) is 0 Å². The van der Waals surface area contributed by atoms with Crippen molar-refractivity contribution < 1.29 is 4.74 Å². The van der Waals surface area contributed by atoms with Crippen molar-refractivity contribution in [3.05, 3.63) is 83.3 Å². The fraction of sp³-hybridized carbons (Fsp3) is 0.0455. The summed E-state index contributed by atoms with van der Waals surface area (Å²) in [6.07, 6.45) is 1.76. The number of hydrogen-bond acceptors (Lipinski definition) is 4. The van der Waals surface area contributed by atoms with Crippen LogP contribution in [-0.4, -0.2) is 26.7 Å². The number of benzene rings is 2. The quantitative estimate of drug-likeness (QED) is 0.524. The minimum Gasteiger partial charge on any atom is -0.497 e. The van der Waals surface area contributed by atoms with E-state index in [1.54, 1.807) is 17.8 Å². The minimum atomic E-state index is -0.160. The molecule has 5 aromatic rings. The van der Waals surface area contributed by atoms with Crippen LogP contribution in [-0.2, 0) is 0 Å². The lowest BCUT2D eigenvalue weighted by Crippen LogP contribution is -2.11. The lowest BCUT2D eigenvalue weighted by molar-refractivity contribution is 0.415. The van der Waals surface area contributed by atoms with E-state index in [0.717, 1.165) is 28.0 Å². The van der Waals surface area contributed by atoms with Gasteiger partial charge in [-0.2, -0.15) is 9.61 Å². The van der Waals surface area contributed by atoms with Crippen molar-refractivity contribution in [2.24, 2.45) is 0 Å². The number of H-pyrrole nitrogens is 1. The Morgan fingerprint density at radius 2 is 1.75 bits per heavy atom. The Kier molecular flexibility index (Phi) is 3.69. The maximum atomic E-state index is 12.7. The lowest BCUT2D eigenvalue weighted by atomic mass is 10.1. The van der Waals surface area contributed by atoms with Crippen LogP contribution in [0.1, 0.15) is 0 Å². The van der Waals surface area contributed by atoms with Gasteiger partial charge in [-0.1, -0.05) is 30.3 Å². The molecule has 0 atom stereocenters. The molecule has 0 amide bonds. The predicted molar refractivity (Wildman–Crippen MR) is 109 cm³/mol. The van der Waals surface area contributed by atoms with Gasteiger partial charge in [0.2, 0.25) is 0 Å². The molecule has 0 bridgehead atoms. The largest absolute Gasteiger partial charge is 0.497 e. The smallest absolute Gasteiger partial charge is 0.257 e. The molecule has 0 unspecified atom stereocenters. The van der Waals surface area contributed by atoms with Crippen molar-refractivity contribution in [3.8, 4) is 28.1 Å². The SMILES string of the molecule is COc1ccc(-c2cc3ncc4cc(-c5ccccc5)c(=O)[nH]c4n3n2)cc1. The van der Waals surface area contributed by atoms with Crippen LogP contribution in [0.25, 0.3) is 39.1 Å². The van der Waals surface area contributed by atoms with E-state index in [0.29, 0.717) is 16.9 Å². The lowest BCUT2D eigenvalue weighted by Gasteiger charge is -2.05. The molecule has 28 heavy (non-hydrogen) atoms. The summed E-state index contributed by atoms with van der Waals surface area (Å²) < 4.78 is 6.88. The van der Waals surface area contributed by atoms with Crippen molar-refractivity contribution in [1.82, 2.24) is 19.6 Å². The van der Waals surface area contributed by atoms with Gasteiger partial charge >= 0.3 is 0 Å². The predicted octanol–water partition coefficient (Wildman–Crippen LogP) is 3.91. The van der Waals surface area contributed by atoms with Gasteiger partial charge in [0.15, 0.2) is 5.65 Å². The molecule has 0 saturated heterocycles. The Labute approximate surface area is 160 Å². The van der Waals surface area contributed by atoms with Gasteiger partial charge < -0.3 is 9.72 Å². The number of hydrogen-bond donors (Lipinski definition) is 1. The van der Waals surface area contributed by atoms with E-state index in [-0.39, 0.29) is 5.56 Å². The average Bonchev–Trinajstić information content (AvgIpc) is 3.19. The summed E-state index contributed by atoms with van der Waals surface area (Å²) in [4.78, 5) is 20.2. The van der Waals surface area contributed by atoms with E-state index in [1.165, 1.54) is 0 Å². The van der Waals surface area contributed by atoms with E-state index in [2.05, 4.69) is 15.1 Å². The highest BCUT2D eigenvalue weighted by Gasteiger charge is 2.12. The van der Waals surface area contributed by atoms with E-state index in [4.69, 9.17) is 4.74 Å². The van der Waals surface area contributed by atoms with Crippen LogP contribution in [0.2, 0.25) is 0 Å². The number of nitrogens with one attached hydrogen (secondary N) is 1. The van der Waals surface area contributed by atoms with Crippen LogP contribution in [0, 0.1) is 0 Å². The van der Waals surface area contributed by atoms with E-state index in [9.17, 15) is 4.79 Å². The van der Waals surface area contributed by atoms with Gasteiger partial charge in [0.05, 0.1) is 12.8 Å². The molecule has 0 radical (unpaired) electrons. The van der Waals surface area contributed by atoms with Crippen molar-refractivity contribution in [1.29, 1.82) is 0 Å². The van der Waals surface area contributed by atoms with Crippen molar-refractivity contribution in [3.63, 3.8) is 0 Å². The molecule has 1 N–H and O–H groups in total. The number of pyridine rings is 1. The van der Waals surface area contributed by atoms with Crippen LogP contribution in [0.4, 0.5) is 0 Å². The topological polar surface area (TPSA) is 72.3 Å². The minimum absolute atomic E-state index is 0.160. The number of rotatable bonds is 3. The first-order valence-corrected chi connectivity index (χ1v) is 8.84. The fourth-order valence-electron chi connectivity index (χ4n) is 3.31. The highest BCUT2D eigenvalue weighted by Crippen LogP contribution is 2.24. The Bertz CT molecular complexity index is 1350. The number of aromatic nitrogens is 4. The molecular weight excluding hydrogens is 352 g/mol. The number of nitrogens with zero attached hydrogens (tertiary/aromatic N) is 3. The Morgan fingerprint density at radius 1 is 0.964 bits per heavy atom. The van der Waals surface area contributed by atoms with E-state index >= 15 is 0 Å². The van der Waals surface area contributed by atoms with Gasteiger partial charge in [-0.15, -0.1) is 0 Å². The Balaban J connectivity index is 1.68. The number of fused-ring (bicyclic) bond motifs is 3. The van der Waals surface area contributed by atoms with Crippen molar-refractivity contribution in [2.45, 2.75) is 0 Å². The molecule has 0 aliphatic rings. The molecule has 0 saturated carbocycles. The summed E-state index contributed by atoms with van der Waals surface area (Å²) in [5.74, 6) is 0.786. The molecule has 6 nitrogen and oxygen atoms in total. The van der Waals surface area contributed by atoms with E-state index in [1.807, 2.05) is 66.7 Å². The molecule has 0 aliphatic heterocycles. The third kappa shape index (κ3) is 2.63. The number of methoxy groups -OCH3 is 1. The van der Waals surface area contributed by atoms with E-state index < -0.39 is 0 Å². The summed E-state index contributed by atoms with van der Waals surface area (Å²) in [6.45, 7) is 0. The van der Waals surface area contributed by atoms with Gasteiger partial charge in [0.25, 0.3) is 5.56 Å². The third-order valence-corrected chi connectivity index (χ3v) is 4.76. The van der Waals surface area contributed by atoms with Crippen molar-refractivity contribution in [2.75, 3.05) is 7.11 Å². The maximum Gasteiger partial charge on any atom is 0.257 e. The summed E-state index contributed by atoms with van der Waals surface area (Å²) in [5, 5.41) is 5.47. The molecular formula is C22H16N4O2. The zero-order chi connectivity index (χ0) is 19.1. The summed E-state index contributed by atoms with van der Waals surface area (Å²) in [7, 11) is 1.63. The first-order chi connectivity index (χ1) is 13.7. The highest BCUT2D eigenvalue weighted by molar-refractivity contribution is 5.82. The number of aromatic amines is 1. The highest BCUT2D eigenvalue weighted by atomic mass is 16.5. The van der Waals surface area contributed by atoms with Gasteiger partial charge in [-0.05, 0) is 35.9 Å². The second-order valence-corrected chi connectivity index (χ2v) is 6.47. The fourth-order valence-corrected chi connectivity index (χ4v) is 3.31. The van der Waals surface area contributed by atoms with Gasteiger partial charge in [0, 0.05) is 28.8 Å². The molecule has 0 spiro atoms. The zero-order valence-corrected chi connectivity index (χ0v) is 15.1. The van der Waals surface area contributed by atoms with Gasteiger partial charge in [-0.25, -0.2) is 4.98 Å². The Hall–Kier alpha value is -3.93. The van der Waals surface area contributed by atoms with Crippen LogP contribution in [0.5, 0.6) is 5.75 Å². The number of ether oxygens (including phenoxy) is 1. The summed E-state index contributed by atoms with van der Waals surface area (Å²) >= 11 is 0. The third-order valence-electron chi connectivity index (χ3n) is 4.76. The first-order valence-electron chi connectivity index (χ1n) is 8.84. The zero-order valence-electron chi connectivity index (χ0n) is 15.1. The monoisotopic (exact) mass is 368 g/mol. The van der Waals surface area contributed by atoms with Crippen LogP contribution in [0.15, 0.2) is 77.7 Å². The van der Waals surface area contributed by atoms with Crippen LogP contribution >= 0.6 is 0 Å². The van der Waals surface area contributed by atoms with Crippen LogP contribution < -0.4 is 10.3 Å². The summed E-state index contributed by atoms with van der Waals surface area (Å²) in [5.41, 5.74) is 4.32. The molecule has 0 aliphatic carbocycles. The Morgan fingerprint density at radius 3 is 2.50 bits per heavy atom. The molecule has 3 aromatic heterocycles. The second kappa shape index (κ2) is 6.35. The summed E-state index contributed by atoms with van der Waals surface area (Å²) in [6, 6.07) is 21.0. The molecule has 3 heterocycles. The van der Waals surface area contributed by atoms with Crippen molar-refractivity contribution >= 4 is 16.7 Å². The molecule has 5 rings (SSSR count). The average molecular weight is 368 g/mol. The molecule has 136 valence electrons. The van der Waals surface area contributed by atoms with Gasteiger partial charge in [-0.3, -0.25) is 4.79 Å². The first kappa shape index (κ1) is 16.3. The standard InChI is InChI=1S/C22H16N4O2/c1-28-17-9-7-15(8-10-17)19-12-20-23-13-16-11-18(14-5-3-2-4-6-14)22(27)24-21(16)26(20)25-19/h2-13H,1H3,(H,24,27). The molecule has 6 heteroatoms.